The van der Waals surface area contributed by atoms with Gasteiger partial charge in [0.05, 0.1) is 11.3 Å². The van der Waals surface area contributed by atoms with Gasteiger partial charge in [-0.3, -0.25) is 9.88 Å². The van der Waals surface area contributed by atoms with E-state index in [1.807, 2.05) is 0 Å². The van der Waals surface area contributed by atoms with Crippen molar-refractivity contribution in [2.24, 2.45) is 0 Å². The zero-order valence-electron chi connectivity index (χ0n) is 14.7. The van der Waals surface area contributed by atoms with Crippen molar-refractivity contribution in [2.75, 3.05) is 6.54 Å². The first kappa shape index (κ1) is 18.8. The van der Waals surface area contributed by atoms with Crippen LogP contribution in [0, 0.1) is 0 Å². The molecule has 3 aromatic rings. The SMILES string of the molecule is FC(F)(F)c1ccc(-c2ncc3c(n2)CCN(Cc2cnccc2Cl)C3)cc1. The van der Waals surface area contributed by atoms with E-state index >= 15 is 0 Å². The third kappa shape index (κ3) is 4.00. The lowest BCUT2D eigenvalue weighted by Crippen LogP contribution is -2.31. The van der Waals surface area contributed by atoms with Gasteiger partial charge >= 0.3 is 6.18 Å². The molecule has 0 N–H and O–H groups in total. The summed E-state index contributed by atoms with van der Waals surface area (Å²) in [4.78, 5) is 15.3. The zero-order chi connectivity index (χ0) is 19.7. The minimum Gasteiger partial charge on any atom is -0.294 e. The van der Waals surface area contributed by atoms with Gasteiger partial charge in [0, 0.05) is 66.4 Å². The number of pyridine rings is 1. The van der Waals surface area contributed by atoms with Crippen LogP contribution < -0.4 is 0 Å². The van der Waals surface area contributed by atoms with Crippen molar-refractivity contribution in [3.63, 3.8) is 0 Å². The summed E-state index contributed by atoms with van der Waals surface area (Å²) >= 11 is 6.21. The van der Waals surface area contributed by atoms with Gasteiger partial charge < -0.3 is 0 Å². The predicted molar refractivity (Wildman–Crippen MR) is 99.5 cm³/mol. The molecule has 144 valence electrons. The van der Waals surface area contributed by atoms with Crippen LogP contribution in [0.15, 0.2) is 48.9 Å². The van der Waals surface area contributed by atoms with Crippen molar-refractivity contribution >= 4 is 11.6 Å². The average molecular weight is 405 g/mol. The molecule has 3 heterocycles. The standard InChI is InChI=1S/C20H16ClF3N4/c21-17-5-7-25-9-14(17)11-28-8-6-18-15(12-28)10-26-19(27-18)13-1-3-16(4-2-13)20(22,23)24/h1-5,7,9-10H,6,8,11-12H2. The van der Waals surface area contributed by atoms with E-state index in [0.717, 1.165) is 41.9 Å². The topological polar surface area (TPSA) is 41.9 Å². The molecule has 28 heavy (non-hydrogen) atoms. The first-order chi connectivity index (χ1) is 13.4. The molecule has 4 nitrogen and oxygen atoms in total. The van der Waals surface area contributed by atoms with E-state index in [0.29, 0.717) is 29.5 Å². The lowest BCUT2D eigenvalue weighted by Gasteiger charge is -2.28. The molecule has 0 unspecified atom stereocenters. The summed E-state index contributed by atoms with van der Waals surface area (Å²) < 4.78 is 38.2. The maximum atomic E-state index is 12.7. The van der Waals surface area contributed by atoms with E-state index < -0.39 is 11.7 Å². The van der Waals surface area contributed by atoms with E-state index in [1.165, 1.54) is 12.1 Å². The summed E-state index contributed by atoms with van der Waals surface area (Å²) in [5, 5.41) is 0.690. The van der Waals surface area contributed by atoms with Crippen LogP contribution in [0.3, 0.4) is 0 Å². The van der Waals surface area contributed by atoms with Crippen LogP contribution in [0.2, 0.25) is 5.02 Å². The Morgan fingerprint density at radius 1 is 1.07 bits per heavy atom. The molecule has 0 spiro atoms. The van der Waals surface area contributed by atoms with E-state index in [1.54, 1.807) is 24.7 Å². The molecule has 0 radical (unpaired) electrons. The Morgan fingerprint density at radius 3 is 2.57 bits per heavy atom. The van der Waals surface area contributed by atoms with Crippen molar-refractivity contribution in [1.82, 2.24) is 19.9 Å². The van der Waals surface area contributed by atoms with Crippen LogP contribution >= 0.6 is 11.6 Å². The third-order valence-corrected chi connectivity index (χ3v) is 5.09. The number of hydrogen-bond donors (Lipinski definition) is 0. The van der Waals surface area contributed by atoms with Crippen LogP contribution in [-0.4, -0.2) is 26.4 Å². The second-order valence-electron chi connectivity index (χ2n) is 6.67. The molecule has 2 aromatic heterocycles. The van der Waals surface area contributed by atoms with Crippen molar-refractivity contribution in [2.45, 2.75) is 25.7 Å². The van der Waals surface area contributed by atoms with Gasteiger partial charge in [0.15, 0.2) is 5.82 Å². The Morgan fingerprint density at radius 2 is 1.86 bits per heavy atom. The Balaban J connectivity index is 1.50. The van der Waals surface area contributed by atoms with E-state index in [2.05, 4.69) is 19.9 Å². The number of aromatic nitrogens is 3. The molecule has 0 saturated heterocycles. The number of nitrogens with zero attached hydrogens (tertiary/aromatic N) is 4. The quantitative estimate of drug-likeness (QED) is 0.630. The van der Waals surface area contributed by atoms with E-state index in [-0.39, 0.29) is 0 Å². The van der Waals surface area contributed by atoms with Crippen LogP contribution in [-0.2, 0) is 25.7 Å². The Hall–Kier alpha value is -2.51. The van der Waals surface area contributed by atoms with Crippen molar-refractivity contribution in [1.29, 1.82) is 0 Å². The summed E-state index contributed by atoms with van der Waals surface area (Å²) in [6.07, 6.45) is 1.57. The molecule has 0 bridgehead atoms. The molecular weight excluding hydrogens is 389 g/mol. The molecule has 0 saturated carbocycles. The molecule has 1 aromatic carbocycles. The third-order valence-electron chi connectivity index (χ3n) is 4.72. The second kappa shape index (κ2) is 7.48. The summed E-state index contributed by atoms with van der Waals surface area (Å²) in [5.74, 6) is 0.441. The molecule has 1 aliphatic heterocycles. The highest BCUT2D eigenvalue weighted by Gasteiger charge is 2.30. The maximum absolute atomic E-state index is 12.7. The van der Waals surface area contributed by atoms with Crippen LogP contribution in [0.1, 0.15) is 22.4 Å². The Kier molecular flexibility index (Phi) is 5.03. The van der Waals surface area contributed by atoms with Crippen molar-refractivity contribution in [3.8, 4) is 11.4 Å². The van der Waals surface area contributed by atoms with Gasteiger partial charge in [-0.05, 0) is 18.2 Å². The summed E-state index contributed by atoms with van der Waals surface area (Å²) in [6, 6.07) is 6.69. The van der Waals surface area contributed by atoms with Gasteiger partial charge in [0.2, 0.25) is 0 Å². The number of hydrogen-bond acceptors (Lipinski definition) is 4. The predicted octanol–water partition coefficient (Wildman–Crippen LogP) is 4.77. The number of alkyl halides is 3. The Labute approximate surface area is 165 Å². The van der Waals surface area contributed by atoms with Gasteiger partial charge in [-0.1, -0.05) is 23.7 Å². The summed E-state index contributed by atoms with van der Waals surface area (Å²) in [6.45, 7) is 2.18. The molecule has 0 aliphatic carbocycles. The zero-order valence-corrected chi connectivity index (χ0v) is 15.5. The van der Waals surface area contributed by atoms with Gasteiger partial charge in [0.1, 0.15) is 0 Å². The minimum absolute atomic E-state index is 0.441. The molecule has 0 atom stereocenters. The van der Waals surface area contributed by atoms with Crippen LogP contribution in [0.5, 0.6) is 0 Å². The van der Waals surface area contributed by atoms with Crippen molar-refractivity contribution < 1.29 is 13.2 Å². The molecule has 8 heteroatoms. The van der Waals surface area contributed by atoms with Gasteiger partial charge in [-0.25, -0.2) is 9.97 Å². The van der Waals surface area contributed by atoms with Gasteiger partial charge in [-0.15, -0.1) is 0 Å². The minimum atomic E-state index is -4.35. The van der Waals surface area contributed by atoms with Crippen LogP contribution in [0.4, 0.5) is 13.2 Å². The highest BCUT2D eigenvalue weighted by Crippen LogP contribution is 2.30. The van der Waals surface area contributed by atoms with Crippen LogP contribution in [0.25, 0.3) is 11.4 Å². The molecule has 4 rings (SSSR count). The second-order valence-corrected chi connectivity index (χ2v) is 7.08. The molecule has 0 amide bonds. The first-order valence-corrected chi connectivity index (χ1v) is 9.11. The summed E-state index contributed by atoms with van der Waals surface area (Å²) in [7, 11) is 0. The fourth-order valence-corrected chi connectivity index (χ4v) is 3.39. The largest absolute Gasteiger partial charge is 0.416 e. The van der Waals surface area contributed by atoms with Gasteiger partial charge in [-0.2, -0.15) is 13.2 Å². The number of halogens is 4. The number of rotatable bonds is 3. The highest BCUT2D eigenvalue weighted by molar-refractivity contribution is 6.31. The fourth-order valence-electron chi connectivity index (χ4n) is 3.22. The lowest BCUT2D eigenvalue weighted by molar-refractivity contribution is -0.137. The number of benzene rings is 1. The monoisotopic (exact) mass is 404 g/mol. The fraction of sp³-hybridized carbons (Fsp3) is 0.250. The lowest BCUT2D eigenvalue weighted by atomic mass is 10.1. The Bertz CT molecular complexity index is 989. The van der Waals surface area contributed by atoms with E-state index in [4.69, 9.17) is 11.6 Å². The van der Waals surface area contributed by atoms with Crippen molar-refractivity contribution in [3.05, 3.63) is 76.3 Å². The molecule has 1 aliphatic rings. The van der Waals surface area contributed by atoms with Gasteiger partial charge in [0.25, 0.3) is 0 Å². The highest BCUT2D eigenvalue weighted by atomic mass is 35.5. The van der Waals surface area contributed by atoms with E-state index in [9.17, 15) is 13.2 Å². The molecule has 0 fully saturated rings. The number of fused-ring (bicyclic) bond motifs is 1. The average Bonchev–Trinajstić information content (AvgIpc) is 2.69. The first-order valence-electron chi connectivity index (χ1n) is 8.73. The normalized spacial score (nSPS) is 14.7. The smallest absolute Gasteiger partial charge is 0.294 e. The molecular formula is C20H16ClF3N4. The maximum Gasteiger partial charge on any atom is 0.416 e. The summed E-state index contributed by atoms with van der Waals surface area (Å²) in [5.41, 5.74) is 2.80.